The van der Waals surface area contributed by atoms with Gasteiger partial charge in [0.25, 0.3) is 0 Å². The lowest BCUT2D eigenvalue weighted by Crippen LogP contribution is -2.47. The van der Waals surface area contributed by atoms with E-state index in [9.17, 15) is 0 Å². The molecule has 2 saturated heterocycles. The number of hydrogen-bond donors (Lipinski definition) is 1. The topological polar surface area (TPSA) is 18.5 Å². The highest BCUT2D eigenvalue weighted by molar-refractivity contribution is 4.81. The maximum atomic E-state index is 3.54. The van der Waals surface area contributed by atoms with E-state index in [0.29, 0.717) is 0 Å². The van der Waals surface area contributed by atoms with E-state index in [2.05, 4.69) is 29.1 Å². The maximum Gasteiger partial charge on any atom is 0.0120 e. The molecule has 2 heterocycles. The van der Waals surface area contributed by atoms with E-state index in [0.717, 1.165) is 12.0 Å². The molecule has 0 aromatic heterocycles. The van der Waals surface area contributed by atoms with Crippen LogP contribution in [0.1, 0.15) is 32.6 Å². The van der Waals surface area contributed by atoms with Crippen molar-refractivity contribution in [2.24, 2.45) is 5.92 Å². The number of nitrogens with zero attached hydrogens (tertiary/aromatic N) is 2. The van der Waals surface area contributed by atoms with Crippen molar-refractivity contribution in [3.63, 3.8) is 0 Å². The predicted octanol–water partition coefficient (Wildman–Crippen LogP) is 1.40. The molecule has 1 atom stereocenters. The molecule has 100 valence electrons. The molecule has 2 fully saturated rings. The van der Waals surface area contributed by atoms with Crippen molar-refractivity contribution >= 4 is 0 Å². The summed E-state index contributed by atoms with van der Waals surface area (Å²) in [5.41, 5.74) is 0. The molecule has 0 spiro atoms. The van der Waals surface area contributed by atoms with Gasteiger partial charge in [-0.2, -0.15) is 0 Å². The highest BCUT2D eigenvalue weighted by Gasteiger charge is 2.24. The summed E-state index contributed by atoms with van der Waals surface area (Å²) >= 11 is 0. The molecule has 17 heavy (non-hydrogen) atoms. The molecule has 0 amide bonds. The first-order valence-corrected chi connectivity index (χ1v) is 7.43. The third-order valence-corrected chi connectivity index (χ3v) is 4.50. The Morgan fingerprint density at radius 2 is 2.00 bits per heavy atom. The van der Waals surface area contributed by atoms with Crippen LogP contribution in [-0.2, 0) is 0 Å². The second kappa shape index (κ2) is 6.72. The number of hydrogen-bond acceptors (Lipinski definition) is 3. The lowest BCUT2D eigenvalue weighted by molar-refractivity contribution is 0.104. The first-order valence-electron chi connectivity index (χ1n) is 7.43. The molecule has 3 nitrogen and oxygen atoms in total. The van der Waals surface area contributed by atoms with Crippen molar-refractivity contribution in [2.75, 3.05) is 46.3 Å². The zero-order valence-electron chi connectivity index (χ0n) is 11.6. The van der Waals surface area contributed by atoms with E-state index in [1.165, 1.54) is 65.0 Å². The molecule has 1 N–H and O–H groups in total. The van der Waals surface area contributed by atoms with Crippen LogP contribution in [0.2, 0.25) is 0 Å². The number of likely N-dealkylation sites (tertiary alicyclic amines) is 1. The van der Waals surface area contributed by atoms with Gasteiger partial charge in [0.1, 0.15) is 0 Å². The van der Waals surface area contributed by atoms with E-state index in [1.54, 1.807) is 0 Å². The van der Waals surface area contributed by atoms with Crippen molar-refractivity contribution in [1.29, 1.82) is 0 Å². The molecule has 1 unspecified atom stereocenters. The van der Waals surface area contributed by atoms with E-state index in [4.69, 9.17) is 0 Å². The number of piperidine rings is 2. The lowest BCUT2D eigenvalue weighted by atomic mass is 9.96. The van der Waals surface area contributed by atoms with Gasteiger partial charge in [-0.05, 0) is 71.4 Å². The van der Waals surface area contributed by atoms with E-state index < -0.39 is 0 Å². The lowest BCUT2D eigenvalue weighted by Gasteiger charge is -2.39. The Morgan fingerprint density at radius 3 is 2.59 bits per heavy atom. The fraction of sp³-hybridized carbons (Fsp3) is 1.00. The average molecular weight is 239 g/mol. The summed E-state index contributed by atoms with van der Waals surface area (Å²) in [6.07, 6.45) is 5.53. The van der Waals surface area contributed by atoms with E-state index in [1.807, 2.05) is 0 Å². The van der Waals surface area contributed by atoms with Crippen molar-refractivity contribution < 1.29 is 0 Å². The standard InChI is InChI=1S/C14H29N3/c1-3-17(12-13-5-4-8-15-11-13)14-6-9-16(2)10-7-14/h13-15H,3-12H2,1-2H3. The average Bonchev–Trinajstić information content (AvgIpc) is 2.38. The molecule has 2 aliphatic rings. The molecular formula is C14H29N3. The van der Waals surface area contributed by atoms with Crippen LogP contribution < -0.4 is 5.32 Å². The zero-order chi connectivity index (χ0) is 12.1. The van der Waals surface area contributed by atoms with Crippen LogP contribution in [0.25, 0.3) is 0 Å². The summed E-state index contributed by atoms with van der Waals surface area (Å²) in [6.45, 7) is 9.91. The van der Waals surface area contributed by atoms with Crippen molar-refractivity contribution in [3.05, 3.63) is 0 Å². The summed E-state index contributed by atoms with van der Waals surface area (Å²) < 4.78 is 0. The summed E-state index contributed by atoms with van der Waals surface area (Å²) in [5, 5.41) is 3.54. The highest BCUT2D eigenvalue weighted by Crippen LogP contribution is 2.19. The van der Waals surface area contributed by atoms with Gasteiger partial charge in [0.05, 0.1) is 0 Å². The molecule has 2 aliphatic heterocycles. The molecule has 0 radical (unpaired) electrons. The third-order valence-electron chi connectivity index (χ3n) is 4.50. The van der Waals surface area contributed by atoms with Crippen LogP contribution in [0.4, 0.5) is 0 Å². The van der Waals surface area contributed by atoms with Gasteiger partial charge >= 0.3 is 0 Å². The maximum absolute atomic E-state index is 3.54. The van der Waals surface area contributed by atoms with Gasteiger partial charge in [-0.25, -0.2) is 0 Å². The van der Waals surface area contributed by atoms with Gasteiger partial charge in [0, 0.05) is 12.6 Å². The van der Waals surface area contributed by atoms with Gasteiger partial charge in [-0.1, -0.05) is 6.92 Å². The largest absolute Gasteiger partial charge is 0.316 e. The normalized spacial score (nSPS) is 28.8. The van der Waals surface area contributed by atoms with Gasteiger partial charge in [0.2, 0.25) is 0 Å². The van der Waals surface area contributed by atoms with Crippen LogP contribution in [0.5, 0.6) is 0 Å². The van der Waals surface area contributed by atoms with Crippen LogP contribution in [-0.4, -0.2) is 62.2 Å². The van der Waals surface area contributed by atoms with Crippen molar-refractivity contribution in [2.45, 2.75) is 38.6 Å². The molecule has 0 bridgehead atoms. The molecular weight excluding hydrogens is 210 g/mol. The second-order valence-electron chi connectivity index (χ2n) is 5.83. The van der Waals surface area contributed by atoms with Crippen molar-refractivity contribution in [1.82, 2.24) is 15.1 Å². The molecule has 0 saturated carbocycles. The van der Waals surface area contributed by atoms with Crippen molar-refractivity contribution in [3.8, 4) is 0 Å². The summed E-state index contributed by atoms with van der Waals surface area (Å²) in [7, 11) is 2.25. The smallest absolute Gasteiger partial charge is 0.0120 e. The quantitative estimate of drug-likeness (QED) is 0.800. The first kappa shape index (κ1) is 13.3. The molecule has 2 rings (SSSR count). The predicted molar refractivity (Wildman–Crippen MR) is 73.4 cm³/mol. The molecule has 3 heteroatoms. The monoisotopic (exact) mass is 239 g/mol. The summed E-state index contributed by atoms with van der Waals surface area (Å²) in [6, 6.07) is 0.845. The fourth-order valence-corrected chi connectivity index (χ4v) is 3.31. The van der Waals surface area contributed by atoms with Gasteiger partial charge < -0.3 is 15.1 Å². The summed E-state index contributed by atoms with van der Waals surface area (Å²) in [5.74, 6) is 0.892. The van der Waals surface area contributed by atoms with Gasteiger partial charge in [-0.3, -0.25) is 0 Å². The minimum Gasteiger partial charge on any atom is -0.316 e. The minimum atomic E-state index is 0.845. The third kappa shape index (κ3) is 3.94. The Hall–Kier alpha value is -0.120. The first-order chi connectivity index (χ1) is 8.29. The Morgan fingerprint density at radius 1 is 1.24 bits per heavy atom. The summed E-state index contributed by atoms with van der Waals surface area (Å²) in [4.78, 5) is 5.21. The van der Waals surface area contributed by atoms with E-state index >= 15 is 0 Å². The molecule has 0 aromatic carbocycles. The Balaban J connectivity index is 1.78. The molecule has 0 aromatic rings. The zero-order valence-corrected chi connectivity index (χ0v) is 11.6. The Bertz CT molecular complexity index is 206. The molecule has 0 aliphatic carbocycles. The Kier molecular flexibility index (Phi) is 5.26. The van der Waals surface area contributed by atoms with Crippen LogP contribution in [0.3, 0.4) is 0 Å². The Labute approximate surface area is 107 Å². The van der Waals surface area contributed by atoms with Gasteiger partial charge in [-0.15, -0.1) is 0 Å². The second-order valence-corrected chi connectivity index (χ2v) is 5.83. The fourth-order valence-electron chi connectivity index (χ4n) is 3.31. The highest BCUT2D eigenvalue weighted by atomic mass is 15.2. The van der Waals surface area contributed by atoms with Crippen LogP contribution in [0, 0.1) is 5.92 Å². The minimum absolute atomic E-state index is 0.845. The number of nitrogens with one attached hydrogen (secondary N) is 1. The number of rotatable bonds is 4. The van der Waals surface area contributed by atoms with Crippen LogP contribution in [0.15, 0.2) is 0 Å². The van der Waals surface area contributed by atoms with E-state index in [-0.39, 0.29) is 0 Å². The van der Waals surface area contributed by atoms with Gasteiger partial charge in [0.15, 0.2) is 0 Å². The van der Waals surface area contributed by atoms with Crippen LogP contribution >= 0.6 is 0 Å². The SMILES string of the molecule is CCN(CC1CCCNC1)C1CCN(C)CC1.